The highest BCUT2D eigenvalue weighted by molar-refractivity contribution is 5.79. The molecule has 4 aliphatic rings. The number of likely N-dealkylation sites (tertiary alicyclic amines) is 2. The lowest BCUT2D eigenvalue weighted by Crippen LogP contribution is -2.50. The molecule has 0 N–H and O–H groups in total. The Morgan fingerprint density at radius 1 is 0.750 bits per heavy atom. The SMILES string of the molecule is O=C(C1CCN(c2cncnc2N2CCCCC2)CC1)N1CCC(N2CCCCC2)CC1. The molecule has 5 heterocycles. The number of nitrogens with zero attached hydrogens (tertiary/aromatic N) is 6. The van der Waals surface area contributed by atoms with E-state index in [-0.39, 0.29) is 5.92 Å². The van der Waals surface area contributed by atoms with Crippen LogP contribution in [0.2, 0.25) is 0 Å². The van der Waals surface area contributed by atoms with E-state index in [9.17, 15) is 4.79 Å². The standard InChI is InChI=1S/C25H40N6O/c32-25(31-17-9-22(10-18-31)28-11-3-1-4-12-28)21-7-15-29(16-8-21)23-19-26-20-27-24(23)30-13-5-2-6-14-30/h19-22H,1-18H2. The monoisotopic (exact) mass is 440 g/mol. The van der Waals surface area contributed by atoms with Crippen molar-refractivity contribution in [1.82, 2.24) is 19.8 Å². The summed E-state index contributed by atoms with van der Waals surface area (Å²) in [5.41, 5.74) is 1.16. The molecule has 0 bridgehead atoms. The lowest BCUT2D eigenvalue weighted by atomic mass is 9.93. The van der Waals surface area contributed by atoms with Gasteiger partial charge in [-0.05, 0) is 70.9 Å². The van der Waals surface area contributed by atoms with Crippen LogP contribution in [0.15, 0.2) is 12.5 Å². The van der Waals surface area contributed by atoms with Crippen molar-refractivity contribution >= 4 is 17.4 Å². The van der Waals surface area contributed by atoms with Crippen LogP contribution in [0.3, 0.4) is 0 Å². The minimum Gasteiger partial charge on any atom is -0.367 e. The number of carbonyl (C=O) groups is 1. The Labute approximate surface area is 193 Å². The molecule has 0 aliphatic carbocycles. The second-order valence-corrected chi connectivity index (χ2v) is 10.2. The molecule has 7 nitrogen and oxygen atoms in total. The van der Waals surface area contributed by atoms with Crippen LogP contribution in [0.1, 0.15) is 64.2 Å². The molecule has 0 radical (unpaired) electrons. The number of aromatic nitrogens is 2. The predicted molar refractivity (Wildman–Crippen MR) is 128 cm³/mol. The summed E-state index contributed by atoms with van der Waals surface area (Å²) >= 11 is 0. The molecule has 1 aromatic heterocycles. The van der Waals surface area contributed by atoms with E-state index in [1.807, 2.05) is 6.20 Å². The summed E-state index contributed by atoms with van der Waals surface area (Å²) in [7, 11) is 0. The van der Waals surface area contributed by atoms with Gasteiger partial charge < -0.3 is 19.6 Å². The van der Waals surface area contributed by atoms with Crippen LogP contribution in [0.25, 0.3) is 0 Å². The first kappa shape index (κ1) is 21.9. The van der Waals surface area contributed by atoms with Crippen molar-refractivity contribution in [2.45, 2.75) is 70.3 Å². The zero-order valence-electron chi connectivity index (χ0n) is 19.6. The normalized spacial score (nSPS) is 24.7. The van der Waals surface area contributed by atoms with Gasteiger partial charge in [0.15, 0.2) is 5.82 Å². The summed E-state index contributed by atoms with van der Waals surface area (Å²) in [6.07, 6.45) is 15.8. The first-order chi connectivity index (χ1) is 15.8. The average Bonchev–Trinajstić information content (AvgIpc) is 2.89. The Balaban J connectivity index is 1.13. The largest absolute Gasteiger partial charge is 0.367 e. The van der Waals surface area contributed by atoms with E-state index in [0.717, 1.165) is 76.5 Å². The van der Waals surface area contributed by atoms with E-state index >= 15 is 0 Å². The lowest BCUT2D eigenvalue weighted by molar-refractivity contribution is -0.137. The van der Waals surface area contributed by atoms with Gasteiger partial charge in [-0.1, -0.05) is 6.42 Å². The van der Waals surface area contributed by atoms with Crippen molar-refractivity contribution in [3.05, 3.63) is 12.5 Å². The molecule has 5 rings (SSSR count). The van der Waals surface area contributed by atoms with Gasteiger partial charge >= 0.3 is 0 Å². The van der Waals surface area contributed by atoms with Crippen molar-refractivity contribution in [3.63, 3.8) is 0 Å². The minimum atomic E-state index is 0.181. The molecule has 1 aromatic rings. The Bertz CT molecular complexity index is 745. The Morgan fingerprint density at radius 3 is 2.09 bits per heavy atom. The predicted octanol–water partition coefficient (Wildman–Crippen LogP) is 3.16. The molecule has 176 valence electrons. The average molecular weight is 441 g/mol. The van der Waals surface area contributed by atoms with Gasteiger partial charge in [-0.2, -0.15) is 0 Å². The van der Waals surface area contributed by atoms with Crippen molar-refractivity contribution < 1.29 is 4.79 Å². The number of carbonyl (C=O) groups excluding carboxylic acids is 1. The third-order valence-electron chi connectivity index (χ3n) is 8.20. The number of amides is 1. The number of rotatable bonds is 4. The van der Waals surface area contributed by atoms with Crippen LogP contribution in [-0.4, -0.2) is 84.1 Å². The molecule has 32 heavy (non-hydrogen) atoms. The number of piperidine rings is 4. The second-order valence-electron chi connectivity index (χ2n) is 10.2. The smallest absolute Gasteiger partial charge is 0.225 e. The topological polar surface area (TPSA) is 55.8 Å². The van der Waals surface area contributed by atoms with Gasteiger partial charge in [0.1, 0.15) is 6.33 Å². The van der Waals surface area contributed by atoms with Crippen molar-refractivity contribution in [3.8, 4) is 0 Å². The van der Waals surface area contributed by atoms with Gasteiger partial charge in [-0.25, -0.2) is 9.97 Å². The summed E-state index contributed by atoms with van der Waals surface area (Å²) in [5.74, 6) is 1.67. The summed E-state index contributed by atoms with van der Waals surface area (Å²) in [6, 6.07) is 0.701. The van der Waals surface area contributed by atoms with Gasteiger partial charge in [-0.15, -0.1) is 0 Å². The second kappa shape index (κ2) is 10.4. The Kier molecular flexibility index (Phi) is 7.10. The molecule has 4 fully saturated rings. The maximum atomic E-state index is 13.3. The van der Waals surface area contributed by atoms with Crippen molar-refractivity contribution in [2.24, 2.45) is 5.92 Å². The fourth-order valence-electron chi connectivity index (χ4n) is 6.25. The van der Waals surface area contributed by atoms with Gasteiger partial charge in [0, 0.05) is 51.2 Å². The number of hydrogen-bond donors (Lipinski definition) is 0. The van der Waals surface area contributed by atoms with E-state index in [4.69, 9.17) is 0 Å². The number of anilines is 2. The maximum Gasteiger partial charge on any atom is 0.225 e. The van der Waals surface area contributed by atoms with E-state index in [0.29, 0.717) is 11.9 Å². The van der Waals surface area contributed by atoms with Crippen LogP contribution in [-0.2, 0) is 4.79 Å². The molecule has 4 aliphatic heterocycles. The number of hydrogen-bond acceptors (Lipinski definition) is 6. The van der Waals surface area contributed by atoms with Crippen LogP contribution in [0.5, 0.6) is 0 Å². The fraction of sp³-hybridized carbons (Fsp3) is 0.800. The molecule has 0 spiro atoms. The van der Waals surface area contributed by atoms with E-state index in [1.165, 1.54) is 51.6 Å². The molecule has 1 amide bonds. The molecule has 4 saturated heterocycles. The van der Waals surface area contributed by atoms with Crippen LogP contribution in [0.4, 0.5) is 11.5 Å². The van der Waals surface area contributed by atoms with E-state index < -0.39 is 0 Å². The highest BCUT2D eigenvalue weighted by Gasteiger charge is 2.33. The van der Waals surface area contributed by atoms with Crippen LogP contribution >= 0.6 is 0 Å². The quantitative estimate of drug-likeness (QED) is 0.717. The van der Waals surface area contributed by atoms with Crippen LogP contribution < -0.4 is 9.80 Å². The zero-order valence-corrected chi connectivity index (χ0v) is 19.6. The molecule has 0 unspecified atom stereocenters. The third kappa shape index (κ3) is 4.87. The first-order valence-corrected chi connectivity index (χ1v) is 13.1. The molecule has 7 heteroatoms. The summed E-state index contributed by atoms with van der Waals surface area (Å²) < 4.78 is 0. The highest BCUT2D eigenvalue weighted by atomic mass is 16.2. The van der Waals surface area contributed by atoms with Crippen molar-refractivity contribution in [1.29, 1.82) is 0 Å². The summed E-state index contributed by atoms with van der Waals surface area (Å²) in [6.45, 7) is 8.46. The molecule has 0 saturated carbocycles. The Hall–Kier alpha value is -1.89. The molecular weight excluding hydrogens is 400 g/mol. The fourth-order valence-corrected chi connectivity index (χ4v) is 6.25. The summed E-state index contributed by atoms with van der Waals surface area (Å²) in [4.78, 5) is 31.9. The van der Waals surface area contributed by atoms with Crippen LogP contribution in [0, 0.1) is 5.92 Å². The third-order valence-corrected chi connectivity index (χ3v) is 8.20. The maximum absolute atomic E-state index is 13.3. The van der Waals surface area contributed by atoms with Crippen molar-refractivity contribution in [2.75, 3.05) is 62.2 Å². The first-order valence-electron chi connectivity index (χ1n) is 13.1. The van der Waals surface area contributed by atoms with Gasteiger partial charge in [-0.3, -0.25) is 4.79 Å². The van der Waals surface area contributed by atoms with Gasteiger partial charge in [0.2, 0.25) is 5.91 Å². The van der Waals surface area contributed by atoms with E-state index in [2.05, 4.69) is 29.6 Å². The lowest BCUT2D eigenvalue weighted by Gasteiger charge is -2.42. The summed E-state index contributed by atoms with van der Waals surface area (Å²) in [5, 5.41) is 0. The van der Waals surface area contributed by atoms with Gasteiger partial charge in [0.25, 0.3) is 0 Å². The zero-order chi connectivity index (χ0) is 21.8. The minimum absolute atomic E-state index is 0.181. The van der Waals surface area contributed by atoms with E-state index in [1.54, 1.807) is 6.33 Å². The Morgan fingerprint density at radius 2 is 1.41 bits per heavy atom. The highest BCUT2D eigenvalue weighted by Crippen LogP contribution is 2.32. The molecular formula is C25H40N6O. The van der Waals surface area contributed by atoms with Gasteiger partial charge in [0.05, 0.1) is 11.9 Å². The molecule has 0 aromatic carbocycles. The molecule has 0 atom stereocenters.